The number of hydrogen-bond donors (Lipinski definition) is 0. The number of aryl methyl sites for hydroxylation is 2. The summed E-state index contributed by atoms with van der Waals surface area (Å²) in [4.78, 5) is 0. The molecule has 1 aliphatic heterocycles. The average Bonchev–Trinajstić information content (AvgIpc) is 2.60. The Balaban J connectivity index is 1.50. The van der Waals surface area contributed by atoms with E-state index >= 15 is 0 Å². The summed E-state index contributed by atoms with van der Waals surface area (Å²) in [6, 6.07) is 6.54. The first-order valence-electron chi connectivity index (χ1n) is 9.62. The minimum Gasteiger partial charge on any atom is -0.205 e. The van der Waals surface area contributed by atoms with Gasteiger partial charge >= 0.3 is 0 Å². The highest BCUT2D eigenvalue weighted by molar-refractivity contribution is 7.21. The van der Waals surface area contributed by atoms with Crippen molar-refractivity contribution >= 4 is 30.1 Å². The molecule has 0 atom stereocenters. The van der Waals surface area contributed by atoms with Gasteiger partial charge in [-0.2, -0.15) is 11.1 Å². The molecule has 0 aromatic heterocycles. The van der Waals surface area contributed by atoms with Gasteiger partial charge in [-0.1, -0.05) is 68.7 Å². The van der Waals surface area contributed by atoms with E-state index < -0.39 is 7.38 Å². The van der Waals surface area contributed by atoms with E-state index in [-0.39, 0.29) is 5.82 Å². The van der Waals surface area contributed by atoms with Crippen LogP contribution in [-0.2, 0) is 6.42 Å². The van der Waals surface area contributed by atoms with Gasteiger partial charge in [-0.25, -0.2) is 4.39 Å². The Bertz CT molecular complexity index is 561. The molecule has 1 aromatic rings. The van der Waals surface area contributed by atoms with Gasteiger partial charge in [-0.3, -0.25) is 0 Å². The normalized spacial score (nSPS) is 27.2. The van der Waals surface area contributed by atoms with Crippen LogP contribution < -0.4 is 0 Å². The largest absolute Gasteiger partial charge is 0.205 e. The summed E-state index contributed by atoms with van der Waals surface area (Å²) in [7, 11) is -1.47. The van der Waals surface area contributed by atoms with Gasteiger partial charge in [0.2, 0.25) is 0 Å². The molecule has 2 fully saturated rings. The van der Waals surface area contributed by atoms with Crippen LogP contribution >= 0.6 is 22.7 Å². The Morgan fingerprint density at radius 2 is 1.75 bits per heavy atom. The first kappa shape index (κ1) is 18.7. The third-order valence-corrected chi connectivity index (χ3v) is 13.3. The SMILES string of the molecule is Cc1ccc(CCC2CCC([Si]3(Cl)CCCCC3)CC2)c(Cl)c1F. The highest BCUT2D eigenvalue weighted by Gasteiger charge is 2.42. The maximum absolute atomic E-state index is 13.9. The van der Waals surface area contributed by atoms with E-state index in [1.54, 1.807) is 6.92 Å². The van der Waals surface area contributed by atoms with E-state index in [4.69, 9.17) is 22.7 Å². The molecule has 1 aliphatic carbocycles. The monoisotopic (exact) mass is 386 g/mol. The maximum atomic E-state index is 13.9. The van der Waals surface area contributed by atoms with E-state index in [0.717, 1.165) is 29.9 Å². The van der Waals surface area contributed by atoms with Crippen molar-refractivity contribution in [1.29, 1.82) is 0 Å². The Hall–Kier alpha value is -0.0531. The molecule has 1 heterocycles. The standard InChI is InChI=1S/C20H29Cl2FSi/c1-15-5-9-17(19(21)20(15)23)10-6-16-7-11-18(12-8-16)24(22)13-3-2-4-14-24/h5,9,16,18H,2-4,6-8,10-14H2,1H3. The second-order valence-corrected chi connectivity index (χ2v) is 14.5. The maximum Gasteiger partial charge on any atom is 0.159 e. The van der Waals surface area contributed by atoms with Crippen LogP contribution in [0.2, 0.25) is 22.7 Å². The van der Waals surface area contributed by atoms with Crippen molar-refractivity contribution in [1.82, 2.24) is 0 Å². The molecule has 0 spiro atoms. The molecule has 0 bridgehead atoms. The summed E-state index contributed by atoms with van der Waals surface area (Å²) in [6.07, 6.45) is 11.4. The van der Waals surface area contributed by atoms with Gasteiger partial charge in [-0.15, -0.1) is 0 Å². The number of halogens is 3. The molecule has 0 amide bonds. The molecule has 1 saturated heterocycles. The van der Waals surface area contributed by atoms with E-state index in [0.29, 0.717) is 10.6 Å². The Kier molecular flexibility index (Phi) is 6.32. The molecule has 134 valence electrons. The van der Waals surface area contributed by atoms with Gasteiger partial charge in [0.1, 0.15) is 5.82 Å². The van der Waals surface area contributed by atoms with Crippen molar-refractivity contribution in [3.05, 3.63) is 34.1 Å². The summed E-state index contributed by atoms with van der Waals surface area (Å²) in [5, 5.41) is 0.331. The van der Waals surface area contributed by atoms with Crippen LogP contribution in [0, 0.1) is 18.7 Å². The molecule has 4 heteroatoms. The second kappa shape index (κ2) is 8.10. The van der Waals surface area contributed by atoms with Gasteiger partial charge in [0, 0.05) is 0 Å². The molecule has 0 nitrogen and oxygen atoms in total. The molecule has 1 aromatic carbocycles. The summed E-state index contributed by atoms with van der Waals surface area (Å²) >= 11 is 13.3. The van der Waals surface area contributed by atoms with Crippen molar-refractivity contribution in [2.45, 2.75) is 82.3 Å². The molecule has 1 saturated carbocycles. The van der Waals surface area contributed by atoms with E-state index in [1.165, 1.54) is 57.0 Å². The lowest BCUT2D eigenvalue weighted by Crippen LogP contribution is -2.37. The van der Waals surface area contributed by atoms with Crippen LogP contribution in [0.3, 0.4) is 0 Å². The topological polar surface area (TPSA) is 0 Å². The van der Waals surface area contributed by atoms with E-state index in [9.17, 15) is 4.39 Å². The molecule has 3 rings (SSSR count). The third-order valence-electron chi connectivity index (χ3n) is 6.44. The highest BCUT2D eigenvalue weighted by atomic mass is 35.6. The van der Waals surface area contributed by atoms with Crippen molar-refractivity contribution in [3.8, 4) is 0 Å². The Labute approximate surface area is 156 Å². The van der Waals surface area contributed by atoms with Crippen LogP contribution in [0.25, 0.3) is 0 Å². The van der Waals surface area contributed by atoms with Gasteiger partial charge in [0.15, 0.2) is 7.38 Å². The molecule has 0 radical (unpaired) electrons. The van der Waals surface area contributed by atoms with Crippen LogP contribution in [0.4, 0.5) is 4.39 Å². The lowest BCUT2D eigenvalue weighted by molar-refractivity contribution is 0.334. The lowest BCUT2D eigenvalue weighted by Gasteiger charge is -2.40. The quantitative estimate of drug-likeness (QED) is 0.368. The fourth-order valence-corrected chi connectivity index (χ4v) is 10.6. The van der Waals surface area contributed by atoms with Crippen LogP contribution in [-0.4, -0.2) is 7.38 Å². The summed E-state index contributed by atoms with van der Waals surface area (Å²) in [5.74, 6) is 0.518. The predicted molar refractivity (Wildman–Crippen MR) is 105 cm³/mol. The van der Waals surface area contributed by atoms with Gasteiger partial charge < -0.3 is 0 Å². The van der Waals surface area contributed by atoms with E-state index in [1.807, 2.05) is 12.1 Å². The molecule has 0 N–H and O–H groups in total. The molecule has 24 heavy (non-hydrogen) atoms. The fourth-order valence-electron chi connectivity index (χ4n) is 4.75. The van der Waals surface area contributed by atoms with Crippen molar-refractivity contribution in [3.63, 3.8) is 0 Å². The highest BCUT2D eigenvalue weighted by Crippen LogP contribution is 2.49. The summed E-state index contributed by atoms with van der Waals surface area (Å²) in [5.41, 5.74) is 2.45. The Morgan fingerprint density at radius 1 is 1.08 bits per heavy atom. The van der Waals surface area contributed by atoms with Crippen LogP contribution in [0.15, 0.2) is 12.1 Å². The van der Waals surface area contributed by atoms with Gasteiger partial charge in [0.25, 0.3) is 0 Å². The molecular weight excluding hydrogens is 358 g/mol. The smallest absolute Gasteiger partial charge is 0.159 e. The Morgan fingerprint density at radius 3 is 2.42 bits per heavy atom. The zero-order chi connectivity index (χ0) is 17.2. The molecular formula is C20H29Cl2FSi. The zero-order valence-electron chi connectivity index (χ0n) is 14.7. The zero-order valence-corrected chi connectivity index (χ0v) is 17.2. The minimum absolute atomic E-state index is 0.245. The summed E-state index contributed by atoms with van der Waals surface area (Å²) in [6.45, 7) is 1.77. The first-order chi connectivity index (χ1) is 11.5. The van der Waals surface area contributed by atoms with Crippen molar-refractivity contribution in [2.75, 3.05) is 0 Å². The van der Waals surface area contributed by atoms with Crippen molar-refractivity contribution < 1.29 is 4.39 Å². The second-order valence-electron chi connectivity index (χ2n) is 8.02. The minimum atomic E-state index is -1.47. The van der Waals surface area contributed by atoms with E-state index in [2.05, 4.69) is 0 Å². The fraction of sp³-hybridized carbons (Fsp3) is 0.700. The third kappa shape index (κ3) is 4.19. The lowest BCUT2D eigenvalue weighted by atomic mass is 9.85. The predicted octanol–water partition coefficient (Wildman–Crippen LogP) is 7.65. The van der Waals surface area contributed by atoms with Gasteiger partial charge in [0.05, 0.1) is 5.02 Å². The number of rotatable bonds is 4. The molecule has 2 aliphatic rings. The van der Waals surface area contributed by atoms with Crippen molar-refractivity contribution in [2.24, 2.45) is 5.92 Å². The molecule has 0 unspecified atom stereocenters. The van der Waals surface area contributed by atoms with Gasteiger partial charge in [-0.05, 0) is 54.4 Å². The first-order valence-corrected chi connectivity index (χ1v) is 13.5. The average molecular weight is 387 g/mol. The summed E-state index contributed by atoms with van der Waals surface area (Å²) < 4.78 is 13.9. The van der Waals surface area contributed by atoms with Crippen LogP contribution in [0.5, 0.6) is 0 Å². The number of hydrogen-bond acceptors (Lipinski definition) is 0. The van der Waals surface area contributed by atoms with Crippen LogP contribution in [0.1, 0.15) is 62.5 Å². The number of benzene rings is 1.